The molecule has 5 nitrogen and oxygen atoms in total. The van der Waals surface area contributed by atoms with Crippen LogP contribution in [0.1, 0.15) is 118 Å². The zero-order valence-corrected chi connectivity index (χ0v) is 32.2. The van der Waals surface area contributed by atoms with Gasteiger partial charge in [-0.1, -0.05) is 152 Å². The first-order chi connectivity index (χ1) is 22.6. The Morgan fingerprint density at radius 2 is 1.57 bits per heavy atom. The number of amides is 1. The first-order valence-electron chi connectivity index (χ1n) is 17.4. The first kappa shape index (κ1) is 42.3. The van der Waals surface area contributed by atoms with Crippen LogP contribution in [0.15, 0.2) is 66.7 Å². The quantitative estimate of drug-likeness (QED) is 0.0916. The molecule has 4 rings (SSSR count). The molecule has 1 heterocycles. The molecule has 1 unspecified atom stereocenters. The summed E-state index contributed by atoms with van der Waals surface area (Å²) >= 11 is 1.31. The molecule has 0 radical (unpaired) electrons. The molecular formula is C40H61N2O3PS. The van der Waals surface area contributed by atoms with Crippen LogP contribution >= 0.6 is 19.5 Å². The Labute approximate surface area is 292 Å². The number of hydrogen-bond donors (Lipinski definition) is 2. The summed E-state index contributed by atoms with van der Waals surface area (Å²) in [5.74, 6) is 7.09. The predicted molar refractivity (Wildman–Crippen MR) is 208 cm³/mol. The van der Waals surface area contributed by atoms with Crippen molar-refractivity contribution in [3.63, 3.8) is 0 Å². The van der Waals surface area contributed by atoms with Gasteiger partial charge in [-0.15, -0.1) is 11.3 Å². The maximum absolute atomic E-state index is 10.7. The molecule has 1 saturated carbocycles. The smallest absolute Gasteiger partial charge is 0.213 e. The summed E-state index contributed by atoms with van der Waals surface area (Å²) in [5.41, 5.74) is 2.62. The highest BCUT2D eigenvalue weighted by Crippen LogP contribution is 2.39. The maximum atomic E-state index is 10.7. The van der Waals surface area contributed by atoms with Gasteiger partial charge in [0.25, 0.3) is 0 Å². The van der Waals surface area contributed by atoms with Crippen molar-refractivity contribution in [3.05, 3.63) is 71.6 Å². The molecule has 1 atom stereocenters. The minimum absolute atomic E-state index is 0.0759. The van der Waals surface area contributed by atoms with Crippen molar-refractivity contribution in [2.75, 3.05) is 17.4 Å². The monoisotopic (exact) mass is 680 g/mol. The molecule has 0 saturated heterocycles. The number of benzene rings is 2. The van der Waals surface area contributed by atoms with Crippen molar-refractivity contribution in [2.24, 2.45) is 11.3 Å². The van der Waals surface area contributed by atoms with E-state index in [0.717, 1.165) is 10.8 Å². The summed E-state index contributed by atoms with van der Waals surface area (Å²) in [7, 11) is 0.948. The van der Waals surface area contributed by atoms with Crippen LogP contribution in [0.5, 0.6) is 0 Å². The minimum atomic E-state index is -0.674. The van der Waals surface area contributed by atoms with Gasteiger partial charge in [0.2, 0.25) is 6.41 Å². The molecule has 0 spiro atoms. The second kappa shape index (κ2) is 24.5. The fraction of sp³-hybridized carbons (Fsp3) is 0.525. The number of rotatable bonds is 11. The molecule has 47 heavy (non-hydrogen) atoms. The Bertz CT molecular complexity index is 1240. The van der Waals surface area contributed by atoms with E-state index in [0.29, 0.717) is 23.2 Å². The number of thiophene rings is 1. The molecule has 7 heteroatoms. The van der Waals surface area contributed by atoms with E-state index in [1.165, 1.54) is 84.6 Å². The summed E-state index contributed by atoms with van der Waals surface area (Å²) in [6.45, 7) is 16.9. The normalized spacial score (nSPS) is 13.3. The van der Waals surface area contributed by atoms with E-state index in [2.05, 4.69) is 98.8 Å². The second-order valence-corrected chi connectivity index (χ2v) is 15.5. The Morgan fingerprint density at radius 1 is 1.02 bits per heavy atom. The van der Waals surface area contributed by atoms with Crippen molar-refractivity contribution in [2.45, 2.75) is 119 Å². The third-order valence-corrected chi connectivity index (χ3v) is 10.4. The van der Waals surface area contributed by atoms with Gasteiger partial charge >= 0.3 is 0 Å². The number of nitrogens with one attached hydrogen (secondary N) is 1. The Morgan fingerprint density at radius 3 is 2.02 bits per heavy atom. The highest BCUT2D eigenvalue weighted by atomic mass is 32.1. The van der Waals surface area contributed by atoms with Crippen molar-refractivity contribution in [1.82, 2.24) is 0 Å². The van der Waals surface area contributed by atoms with Crippen LogP contribution < -0.4 is 21.0 Å². The summed E-state index contributed by atoms with van der Waals surface area (Å²) in [5, 5.41) is 12.1. The molecule has 2 aromatic carbocycles. The third-order valence-electron chi connectivity index (χ3n) is 7.45. The van der Waals surface area contributed by atoms with Crippen molar-refractivity contribution >= 4 is 47.2 Å². The Hall–Kier alpha value is -2.68. The first-order valence-corrected chi connectivity index (χ1v) is 19.5. The molecule has 1 aromatic heterocycles. The highest BCUT2D eigenvalue weighted by molar-refractivity contribution is 7.68. The van der Waals surface area contributed by atoms with Gasteiger partial charge in [-0.2, -0.15) is 0 Å². The maximum Gasteiger partial charge on any atom is 0.213 e. The SMILES string of the molecule is CC.CCCCC(C)CC.CN(C=O)c1cc(C#CC(C)(C)C)sc1NO.c1ccc(P(OC2CCCCC2)c2ccccc2)cc1. The van der Waals surface area contributed by atoms with Gasteiger partial charge < -0.3 is 9.42 Å². The molecule has 0 bridgehead atoms. The molecule has 1 amide bonds. The van der Waals surface area contributed by atoms with E-state index in [1.807, 2.05) is 34.6 Å². The zero-order valence-electron chi connectivity index (χ0n) is 30.5. The standard InChI is InChI=1S/C18H21OP.C12H16N2O2S.C8H18.C2H6/c1-4-10-16(11-5-1)19-20(17-12-6-2-7-13-17)18-14-8-3-9-15-18;1-12(2,3)6-5-9-7-10(14(4)8-15)11(13-16)17-9;1-4-6-7-8(3)5-2;1-2/h2-3,6-9,12-16H,1,4-5,10-11H2;7-8,13,16H,1-4H3;8H,4-7H2,1-3H3;1-2H3. The van der Waals surface area contributed by atoms with E-state index in [-0.39, 0.29) is 5.41 Å². The minimum Gasteiger partial charge on any atom is -0.346 e. The van der Waals surface area contributed by atoms with E-state index >= 15 is 0 Å². The number of hydrogen-bond acceptors (Lipinski definition) is 5. The lowest BCUT2D eigenvalue weighted by atomic mass is 9.98. The van der Waals surface area contributed by atoms with Crippen molar-refractivity contribution < 1.29 is 14.5 Å². The molecule has 1 aliphatic carbocycles. The van der Waals surface area contributed by atoms with Crippen LogP contribution in [0.4, 0.5) is 10.7 Å². The molecule has 1 fully saturated rings. The zero-order chi connectivity index (χ0) is 35.1. The predicted octanol–water partition coefficient (Wildman–Crippen LogP) is 11.2. The lowest BCUT2D eigenvalue weighted by molar-refractivity contribution is -0.107. The van der Waals surface area contributed by atoms with Crippen LogP contribution in [0, 0.1) is 23.2 Å². The largest absolute Gasteiger partial charge is 0.346 e. The number of anilines is 2. The number of unbranched alkanes of at least 4 members (excludes halogenated alkanes) is 1. The van der Waals surface area contributed by atoms with Crippen LogP contribution in [-0.2, 0) is 9.32 Å². The Balaban J connectivity index is 0.000000372. The topological polar surface area (TPSA) is 61.8 Å². The summed E-state index contributed by atoms with van der Waals surface area (Å²) in [6, 6.07) is 23.1. The number of carbonyl (C=O) groups excluding carboxylic acids is 1. The number of nitrogens with zero attached hydrogens (tertiary/aromatic N) is 1. The average molecular weight is 681 g/mol. The van der Waals surface area contributed by atoms with Crippen molar-refractivity contribution in [3.8, 4) is 11.8 Å². The van der Waals surface area contributed by atoms with Crippen LogP contribution in [0.2, 0.25) is 0 Å². The summed E-state index contributed by atoms with van der Waals surface area (Å²) in [4.78, 5) is 12.9. The van der Waals surface area contributed by atoms with Crippen LogP contribution in [-0.4, -0.2) is 24.8 Å². The lowest BCUT2D eigenvalue weighted by Crippen LogP contribution is -2.21. The van der Waals surface area contributed by atoms with Gasteiger partial charge in [-0.25, -0.2) is 0 Å². The van der Waals surface area contributed by atoms with Gasteiger partial charge in [0.15, 0.2) is 0 Å². The Kier molecular flexibility index (Phi) is 22.0. The van der Waals surface area contributed by atoms with E-state index in [4.69, 9.17) is 9.73 Å². The van der Waals surface area contributed by atoms with Crippen molar-refractivity contribution in [1.29, 1.82) is 0 Å². The second-order valence-electron chi connectivity index (χ2n) is 12.6. The van der Waals surface area contributed by atoms with Gasteiger partial charge in [-0.05, 0) is 45.6 Å². The van der Waals surface area contributed by atoms with Gasteiger partial charge in [0.1, 0.15) is 5.00 Å². The van der Waals surface area contributed by atoms with Crippen LogP contribution in [0.25, 0.3) is 0 Å². The summed E-state index contributed by atoms with van der Waals surface area (Å²) < 4.78 is 6.53. The average Bonchev–Trinajstić information content (AvgIpc) is 3.54. The van der Waals surface area contributed by atoms with E-state index in [1.54, 1.807) is 13.1 Å². The lowest BCUT2D eigenvalue weighted by Gasteiger charge is -2.27. The van der Waals surface area contributed by atoms with E-state index < -0.39 is 8.15 Å². The summed E-state index contributed by atoms with van der Waals surface area (Å²) in [6.07, 6.45) is 13.1. The third kappa shape index (κ3) is 17.3. The van der Waals surface area contributed by atoms with Crippen LogP contribution in [0.3, 0.4) is 0 Å². The van der Waals surface area contributed by atoms with Gasteiger partial charge in [-0.3, -0.25) is 15.5 Å². The fourth-order valence-electron chi connectivity index (χ4n) is 4.56. The molecule has 3 aromatic rings. The molecule has 0 aliphatic heterocycles. The highest BCUT2D eigenvalue weighted by Gasteiger charge is 2.22. The van der Waals surface area contributed by atoms with Gasteiger partial charge in [0.05, 0.1) is 24.8 Å². The number of carbonyl (C=O) groups is 1. The molecule has 260 valence electrons. The molecule has 1 aliphatic rings. The molecular weight excluding hydrogens is 619 g/mol. The molecule has 2 N–H and O–H groups in total. The van der Waals surface area contributed by atoms with E-state index in [9.17, 15) is 4.79 Å². The fourth-order valence-corrected chi connectivity index (χ4v) is 7.35. The van der Waals surface area contributed by atoms with Gasteiger partial charge in [0, 0.05) is 23.1 Å².